The van der Waals surface area contributed by atoms with Gasteiger partial charge in [-0.25, -0.2) is 0 Å². The van der Waals surface area contributed by atoms with Crippen LogP contribution >= 0.6 is 0 Å². The number of carbonyl (C=O) groups is 4. The average Bonchev–Trinajstić information content (AvgIpc) is 2.92. The van der Waals surface area contributed by atoms with Gasteiger partial charge < -0.3 is 19.5 Å². The summed E-state index contributed by atoms with van der Waals surface area (Å²) in [6, 6.07) is 7.16. The van der Waals surface area contributed by atoms with Gasteiger partial charge >= 0.3 is 5.97 Å². The number of ketones is 1. The van der Waals surface area contributed by atoms with Crippen LogP contribution in [0.4, 0.5) is 0 Å². The third kappa shape index (κ3) is 5.06. The van der Waals surface area contributed by atoms with Gasteiger partial charge in [0.05, 0.1) is 12.2 Å². The van der Waals surface area contributed by atoms with Crippen molar-refractivity contribution >= 4 is 34.5 Å². The van der Waals surface area contributed by atoms with E-state index in [4.69, 9.17) is 4.74 Å². The molecule has 1 aromatic carbocycles. The molecule has 1 aliphatic rings. The molecule has 1 saturated heterocycles. The molecule has 0 saturated carbocycles. The first-order valence-corrected chi connectivity index (χ1v) is 10.3. The maximum absolute atomic E-state index is 12.8. The topological polar surface area (TPSA) is 97.7 Å². The normalized spacial score (nSPS) is 14.2. The molecule has 8 nitrogen and oxygen atoms in total. The number of rotatable bonds is 7. The summed E-state index contributed by atoms with van der Waals surface area (Å²) in [7, 11) is 0. The molecule has 0 unspecified atom stereocenters. The van der Waals surface area contributed by atoms with E-state index in [0.29, 0.717) is 10.9 Å². The van der Waals surface area contributed by atoms with E-state index in [1.165, 1.54) is 0 Å². The Balaban J connectivity index is 1.77. The van der Waals surface area contributed by atoms with Gasteiger partial charge in [-0.2, -0.15) is 0 Å². The minimum absolute atomic E-state index is 0.00316. The number of likely N-dealkylation sites (tertiary alicyclic amines) is 1. The minimum atomic E-state index is -0.884. The second-order valence-corrected chi connectivity index (χ2v) is 7.30. The molecule has 1 N–H and O–H groups in total. The average molecular weight is 413 g/mol. The lowest BCUT2D eigenvalue weighted by Crippen LogP contribution is -2.35. The van der Waals surface area contributed by atoms with Crippen molar-refractivity contribution in [3.63, 3.8) is 0 Å². The standard InChI is InChI=1S/C22H27N3O5/c1-2-30-20(27)13-23-22(29)21(28)17-14-25(18-10-6-5-9-16(17)18)15-19(26)24-11-7-3-4-8-12-24/h5-6,9-10,14H,2-4,7-8,11-13,15H2,1H3,(H,23,29). The zero-order chi connectivity index (χ0) is 21.5. The first-order valence-electron chi connectivity index (χ1n) is 10.3. The molecule has 0 atom stereocenters. The minimum Gasteiger partial charge on any atom is -0.465 e. The summed E-state index contributed by atoms with van der Waals surface area (Å²) in [6.45, 7) is 3.09. The van der Waals surface area contributed by atoms with E-state index in [1.54, 1.807) is 29.8 Å². The molecule has 30 heavy (non-hydrogen) atoms. The zero-order valence-electron chi connectivity index (χ0n) is 17.2. The SMILES string of the molecule is CCOC(=O)CNC(=O)C(=O)c1cn(CC(=O)N2CCCCCC2)c2ccccc12. The van der Waals surface area contributed by atoms with E-state index in [1.807, 2.05) is 17.0 Å². The smallest absolute Gasteiger partial charge is 0.325 e. The van der Waals surface area contributed by atoms with Gasteiger partial charge in [-0.15, -0.1) is 0 Å². The molecule has 1 fully saturated rings. The fourth-order valence-corrected chi connectivity index (χ4v) is 3.69. The van der Waals surface area contributed by atoms with Gasteiger partial charge in [0.1, 0.15) is 13.1 Å². The maximum atomic E-state index is 12.8. The number of nitrogens with one attached hydrogen (secondary N) is 1. The van der Waals surface area contributed by atoms with Gasteiger partial charge in [0.2, 0.25) is 5.91 Å². The highest BCUT2D eigenvalue weighted by Crippen LogP contribution is 2.22. The number of ether oxygens (including phenoxy) is 1. The molecular weight excluding hydrogens is 386 g/mol. The van der Waals surface area contributed by atoms with Gasteiger partial charge in [0.25, 0.3) is 11.7 Å². The number of benzene rings is 1. The second kappa shape index (κ2) is 10.0. The number of amides is 2. The number of para-hydroxylation sites is 1. The van der Waals surface area contributed by atoms with E-state index in [-0.39, 0.29) is 31.2 Å². The lowest BCUT2D eigenvalue weighted by Gasteiger charge is -2.20. The van der Waals surface area contributed by atoms with Gasteiger partial charge in [-0.05, 0) is 25.8 Å². The number of hydrogen-bond donors (Lipinski definition) is 1. The summed E-state index contributed by atoms with van der Waals surface area (Å²) in [5, 5.41) is 2.89. The van der Waals surface area contributed by atoms with Crippen molar-refractivity contribution < 1.29 is 23.9 Å². The van der Waals surface area contributed by atoms with Gasteiger partial charge in [-0.1, -0.05) is 31.0 Å². The number of hydrogen-bond acceptors (Lipinski definition) is 5. The summed E-state index contributed by atoms with van der Waals surface area (Å²) in [4.78, 5) is 51.1. The predicted octanol–water partition coefficient (Wildman–Crippen LogP) is 1.91. The number of fused-ring (bicyclic) bond motifs is 1. The molecule has 1 aromatic heterocycles. The van der Waals surface area contributed by atoms with Crippen LogP contribution in [0.15, 0.2) is 30.5 Å². The molecule has 0 bridgehead atoms. The summed E-state index contributed by atoms with van der Waals surface area (Å²) >= 11 is 0. The quantitative estimate of drug-likeness (QED) is 0.425. The fourth-order valence-electron chi connectivity index (χ4n) is 3.69. The molecule has 2 heterocycles. The number of aromatic nitrogens is 1. The third-order valence-corrected chi connectivity index (χ3v) is 5.20. The largest absolute Gasteiger partial charge is 0.465 e. The summed E-state index contributed by atoms with van der Waals surface area (Å²) in [5.74, 6) is -2.24. The van der Waals surface area contributed by atoms with Crippen LogP contribution in [0, 0.1) is 0 Å². The first-order chi connectivity index (χ1) is 14.5. The lowest BCUT2D eigenvalue weighted by atomic mass is 10.1. The van der Waals surface area contributed by atoms with Crippen LogP contribution in [0.2, 0.25) is 0 Å². The van der Waals surface area contributed by atoms with Crippen LogP contribution in [-0.4, -0.2) is 59.3 Å². The highest BCUT2D eigenvalue weighted by Gasteiger charge is 2.23. The number of carbonyl (C=O) groups excluding carboxylic acids is 4. The van der Waals surface area contributed by atoms with Crippen LogP contribution < -0.4 is 5.32 Å². The Morgan fingerprint density at radius 1 is 1.03 bits per heavy atom. The lowest BCUT2D eigenvalue weighted by molar-refractivity contribution is -0.143. The van der Waals surface area contributed by atoms with E-state index < -0.39 is 17.7 Å². The molecule has 2 amide bonds. The Hall–Kier alpha value is -3.16. The van der Waals surface area contributed by atoms with Gasteiger partial charge in [-0.3, -0.25) is 19.2 Å². The number of nitrogens with zero attached hydrogens (tertiary/aromatic N) is 2. The third-order valence-electron chi connectivity index (χ3n) is 5.20. The Labute approximate surface area is 175 Å². The number of Topliss-reactive ketones (excluding diaryl/α,β-unsaturated/α-hetero) is 1. The van der Waals surface area contributed by atoms with Crippen LogP contribution in [0.1, 0.15) is 43.0 Å². The molecule has 160 valence electrons. The number of esters is 1. The Morgan fingerprint density at radius 2 is 1.73 bits per heavy atom. The summed E-state index contributed by atoms with van der Waals surface area (Å²) < 4.78 is 6.47. The van der Waals surface area contributed by atoms with E-state index in [2.05, 4.69) is 5.32 Å². The van der Waals surface area contributed by atoms with Crippen molar-refractivity contribution in [2.24, 2.45) is 0 Å². The van der Waals surface area contributed by atoms with Crippen molar-refractivity contribution in [1.82, 2.24) is 14.8 Å². The highest BCUT2D eigenvalue weighted by molar-refractivity contribution is 6.45. The highest BCUT2D eigenvalue weighted by atomic mass is 16.5. The molecule has 0 radical (unpaired) electrons. The monoisotopic (exact) mass is 413 g/mol. The van der Waals surface area contributed by atoms with Gasteiger partial charge in [0, 0.05) is 30.2 Å². The van der Waals surface area contributed by atoms with E-state index in [9.17, 15) is 19.2 Å². The second-order valence-electron chi connectivity index (χ2n) is 7.30. The molecular formula is C22H27N3O5. The van der Waals surface area contributed by atoms with Crippen molar-refractivity contribution in [2.45, 2.75) is 39.2 Å². The summed E-state index contributed by atoms with van der Waals surface area (Å²) in [5.41, 5.74) is 0.915. The van der Waals surface area contributed by atoms with E-state index in [0.717, 1.165) is 38.8 Å². The molecule has 8 heteroatoms. The summed E-state index contributed by atoms with van der Waals surface area (Å²) in [6.07, 6.45) is 5.82. The Bertz CT molecular complexity index is 941. The van der Waals surface area contributed by atoms with Crippen LogP contribution in [0.25, 0.3) is 10.9 Å². The van der Waals surface area contributed by atoms with Gasteiger partial charge in [0.15, 0.2) is 0 Å². The first kappa shape index (κ1) is 21.5. The Kier molecular flexibility index (Phi) is 7.21. The zero-order valence-corrected chi connectivity index (χ0v) is 17.2. The van der Waals surface area contributed by atoms with Crippen LogP contribution in [-0.2, 0) is 25.7 Å². The maximum Gasteiger partial charge on any atom is 0.325 e. The fraction of sp³-hybridized carbons (Fsp3) is 0.455. The van der Waals surface area contributed by atoms with Crippen molar-refractivity contribution in [3.05, 3.63) is 36.0 Å². The molecule has 3 rings (SSSR count). The molecule has 1 aliphatic heterocycles. The molecule has 2 aromatic rings. The van der Waals surface area contributed by atoms with Crippen molar-refractivity contribution in [2.75, 3.05) is 26.2 Å². The van der Waals surface area contributed by atoms with Crippen molar-refractivity contribution in [1.29, 1.82) is 0 Å². The van der Waals surface area contributed by atoms with Crippen LogP contribution in [0.5, 0.6) is 0 Å². The van der Waals surface area contributed by atoms with E-state index >= 15 is 0 Å². The Morgan fingerprint density at radius 3 is 2.43 bits per heavy atom. The predicted molar refractivity (Wildman–Crippen MR) is 111 cm³/mol. The van der Waals surface area contributed by atoms with Crippen molar-refractivity contribution in [3.8, 4) is 0 Å². The van der Waals surface area contributed by atoms with Crippen LogP contribution in [0.3, 0.4) is 0 Å². The molecule has 0 spiro atoms. The molecule has 0 aliphatic carbocycles.